The first-order chi connectivity index (χ1) is 17.8. The Morgan fingerprint density at radius 1 is 0.730 bits per heavy atom. The van der Waals surface area contributed by atoms with Crippen molar-refractivity contribution in [2.45, 2.75) is 6.92 Å². The van der Waals surface area contributed by atoms with E-state index < -0.39 is 0 Å². The number of fused-ring (bicyclic) bond motifs is 1. The standard InChI is InChI=1S/C29H26N6O2/c1-17-15-22(32-28(36)18-3-7-20(30)8-4-18)11-13-24(17)27-34-25-16-23(12-14-26(25)35(27)2)33-29(37)19-5-9-21(31)10-6-19/h3-16H,30-31H2,1-2H3,(H,32,36)(H,33,37). The Labute approximate surface area is 213 Å². The third kappa shape index (κ3) is 4.85. The minimum Gasteiger partial charge on any atom is -0.399 e. The quantitative estimate of drug-likeness (QED) is 0.251. The molecule has 4 aromatic carbocycles. The van der Waals surface area contributed by atoms with Gasteiger partial charge in [-0.15, -0.1) is 0 Å². The van der Waals surface area contributed by atoms with Crippen LogP contribution in [0.15, 0.2) is 84.9 Å². The SMILES string of the molecule is Cc1cc(NC(=O)c2ccc(N)cc2)ccc1-c1nc2cc(NC(=O)c3ccc(N)cc3)ccc2n1C. The van der Waals surface area contributed by atoms with Gasteiger partial charge < -0.3 is 26.7 Å². The molecule has 0 fully saturated rings. The number of nitrogens with one attached hydrogen (secondary N) is 2. The van der Waals surface area contributed by atoms with Crippen molar-refractivity contribution in [2.24, 2.45) is 7.05 Å². The number of nitrogen functional groups attached to an aromatic ring is 2. The molecule has 1 heterocycles. The monoisotopic (exact) mass is 490 g/mol. The van der Waals surface area contributed by atoms with E-state index in [-0.39, 0.29) is 11.8 Å². The summed E-state index contributed by atoms with van der Waals surface area (Å²) in [5.74, 6) is 0.359. The number of carbonyl (C=O) groups excluding carboxylic acids is 2. The number of benzene rings is 4. The molecule has 1 aromatic heterocycles. The van der Waals surface area contributed by atoms with Crippen LogP contribution in [0, 0.1) is 6.92 Å². The number of aromatic nitrogens is 2. The second-order valence-corrected chi connectivity index (χ2v) is 8.88. The van der Waals surface area contributed by atoms with Gasteiger partial charge in [-0.2, -0.15) is 0 Å². The number of amides is 2. The van der Waals surface area contributed by atoms with E-state index in [1.807, 2.05) is 54.9 Å². The number of anilines is 4. The van der Waals surface area contributed by atoms with Crippen LogP contribution >= 0.6 is 0 Å². The van der Waals surface area contributed by atoms with Crippen molar-refractivity contribution in [3.8, 4) is 11.4 Å². The number of hydrogen-bond donors (Lipinski definition) is 4. The molecule has 0 radical (unpaired) electrons. The molecule has 0 atom stereocenters. The van der Waals surface area contributed by atoms with Gasteiger partial charge in [0.1, 0.15) is 5.82 Å². The Morgan fingerprint density at radius 3 is 1.78 bits per heavy atom. The van der Waals surface area contributed by atoms with Crippen LogP contribution in [0.2, 0.25) is 0 Å². The summed E-state index contributed by atoms with van der Waals surface area (Å²) in [6, 6.07) is 24.9. The lowest BCUT2D eigenvalue weighted by molar-refractivity contribution is 0.101. The molecule has 5 rings (SSSR count). The fraction of sp³-hybridized carbons (Fsp3) is 0.0690. The van der Waals surface area contributed by atoms with Gasteiger partial charge in [0.25, 0.3) is 11.8 Å². The van der Waals surface area contributed by atoms with Gasteiger partial charge in [0.05, 0.1) is 11.0 Å². The van der Waals surface area contributed by atoms with Crippen molar-refractivity contribution in [1.82, 2.24) is 9.55 Å². The van der Waals surface area contributed by atoms with E-state index in [1.54, 1.807) is 48.5 Å². The summed E-state index contributed by atoms with van der Waals surface area (Å²) < 4.78 is 2.01. The van der Waals surface area contributed by atoms with Crippen molar-refractivity contribution in [3.63, 3.8) is 0 Å². The zero-order chi connectivity index (χ0) is 26.1. The highest BCUT2D eigenvalue weighted by Crippen LogP contribution is 2.29. The minimum atomic E-state index is -0.219. The van der Waals surface area contributed by atoms with Gasteiger partial charge in [-0.3, -0.25) is 9.59 Å². The third-order valence-electron chi connectivity index (χ3n) is 6.21. The summed E-state index contributed by atoms with van der Waals surface area (Å²) in [7, 11) is 1.95. The first-order valence-electron chi connectivity index (χ1n) is 11.7. The number of rotatable bonds is 5. The van der Waals surface area contributed by atoms with E-state index in [2.05, 4.69) is 10.6 Å². The lowest BCUT2D eigenvalue weighted by Crippen LogP contribution is -2.12. The molecule has 37 heavy (non-hydrogen) atoms. The van der Waals surface area contributed by atoms with Gasteiger partial charge in [0.2, 0.25) is 0 Å². The third-order valence-corrected chi connectivity index (χ3v) is 6.21. The van der Waals surface area contributed by atoms with E-state index in [0.29, 0.717) is 33.9 Å². The molecule has 8 heteroatoms. The van der Waals surface area contributed by atoms with Gasteiger partial charge in [-0.25, -0.2) is 4.98 Å². The Balaban J connectivity index is 1.37. The molecule has 0 bridgehead atoms. The molecule has 0 aliphatic heterocycles. The highest BCUT2D eigenvalue weighted by Gasteiger charge is 2.15. The minimum absolute atomic E-state index is 0.205. The summed E-state index contributed by atoms with van der Waals surface area (Å²) in [5.41, 5.74) is 18.6. The van der Waals surface area contributed by atoms with Gasteiger partial charge in [0, 0.05) is 46.5 Å². The van der Waals surface area contributed by atoms with Crippen molar-refractivity contribution >= 4 is 45.6 Å². The predicted octanol–water partition coefficient (Wildman–Crippen LogP) is 5.22. The van der Waals surface area contributed by atoms with Crippen LogP contribution in [0.1, 0.15) is 26.3 Å². The molecule has 184 valence electrons. The van der Waals surface area contributed by atoms with Crippen LogP contribution in [-0.4, -0.2) is 21.4 Å². The van der Waals surface area contributed by atoms with Crippen molar-refractivity contribution < 1.29 is 9.59 Å². The average molecular weight is 491 g/mol. The molecule has 0 spiro atoms. The number of aryl methyl sites for hydroxylation is 2. The maximum atomic E-state index is 12.6. The molecular weight excluding hydrogens is 464 g/mol. The second-order valence-electron chi connectivity index (χ2n) is 8.88. The van der Waals surface area contributed by atoms with Gasteiger partial charge in [-0.05, 0) is 97.4 Å². The van der Waals surface area contributed by atoms with Gasteiger partial charge >= 0.3 is 0 Å². The highest BCUT2D eigenvalue weighted by molar-refractivity contribution is 6.05. The predicted molar refractivity (Wildman–Crippen MR) is 149 cm³/mol. The molecule has 0 unspecified atom stereocenters. The normalized spacial score (nSPS) is 10.9. The Morgan fingerprint density at radius 2 is 1.24 bits per heavy atom. The molecule has 5 aromatic rings. The van der Waals surface area contributed by atoms with Gasteiger partial charge in [0.15, 0.2) is 0 Å². The highest BCUT2D eigenvalue weighted by atomic mass is 16.2. The first-order valence-corrected chi connectivity index (χ1v) is 11.7. The van der Waals surface area contributed by atoms with E-state index in [9.17, 15) is 9.59 Å². The number of hydrogen-bond acceptors (Lipinski definition) is 5. The number of nitrogens with two attached hydrogens (primary N) is 2. The van der Waals surface area contributed by atoms with E-state index in [1.165, 1.54) is 0 Å². The van der Waals surface area contributed by atoms with E-state index in [0.717, 1.165) is 28.0 Å². The largest absolute Gasteiger partial charge is 0.399 e. The molecule has 6 N–H and O–H groups in total. The smallest absolute Gasteiger partial charge is 0.255 e. The molecule has 0 saturated carbocycles. The second kappa shape index (κ2) is 9.50. The fourth-order valence-electron chi connectivity index (χ4n) is 4.19. The molecule has 0 saturated heterocycles. The molecule has 8 nitrogen and oxygen atoms in total. The average Bonchev–Trinajstić information content (AvgIpc) is 3.20. The summed E-state index contributed by atoms with van der Waals surface area (Å²) in [5, 5.41) is 5.84. The van der Waals surface area contributed by atoms with Gasteiger partial charge in [-0.1, -0.05) is 0 Å². The van der Waals surface area contributed by atoms with Crippen LogP contribution in [0.25, 0.3) is 22.4 Å². The van der Waals surface area contributed by atoms with Crippen LogP contribution in [0.5, 0.6) is 0 Å². The Hall–Kier alpha value is -5.11. The Bertz CT molecular complexity index is 1640. The van der Waals surface area contributed by atoms with Crippen LogP contribution in [0.3, 0.4) is 0 Å². The first kappa shape index (κ1) is 23.6. The van der Waals surface area contributed by atoms with E-state index in [4.69, 9.17) is 16.5 Å². The summed E-state index contributed by atoms with van der Waals surface area (Å²) in [4.78, 5) is 30.0. The zero-order valence-corrected chi connectivity index (χ0v) is 20.4. The zero-order valence-electron chi connectivity index (χ0n) is 20.4. The lowest BCUT2D eigenvalue weighted by atomic mass is 10.1. The summed E-state index contributed by atoms with van der Waals surface area (Å²) in [6.07, 6.45) is 0. The van der Waals surface area contributed by atoms with Crippen LogP contribution in [-0.2, 0) is 7.05 Å². The van der Waals surface area contributed by atoms with E-state index >= 15 is 0 Å². The molecule has 0 aliphatic carbocycles. The molecule has 2 amide bonds. The van der Waals surface area contributed by atoms with Crippen LogP contribution in [0.4, 0.5) is 22.7 Å². The summed E-state index contributed by atoms with van der Waals surface area (Å²) >= 11 is 0. The lowest BCUT2D eigenvalue weighted by Gasteiger charge is -2.10. The molecule has 0 aliphatic rings. The Kier molecular flexibility index (Phi) is 6.07. The molecular formula is C29H26N6O2. The maximum Gasteiger partial charge on any atom is 0.255 e. The number of nitrogens with zero attached hydrogens (tertiary/aromatic N) is 2. The fourth-order valence-corrected chi connectivity index (χ4v) is 4.19. The maximum absolute atomic E-state index is 12.6. The number of imidazole rings is 1. The van der Waals surface area contributed by atoms with Crippen molar-refractivity contribution in [3.05, 3.63) is 102 Å². The van der Waals surface area contributed by atoms with Crippen molar-refractivity contribution in [2.75, 3.05) is 22.1 Å². The topological polar surface area (TPSA) is 128 Å². The number of carbonyl (C=O) groups is 2. The van der Waals surface area contributed by atoms with Crippen molar-refractivity contribution in [1.29, 1.82) is 0 Å². The van der Waals surface area contributed by atoms with Crippen LogP contribution < -0.4 is 22.1 Å². The summed E-state index contributed by atoms with van der Waals surface area (Å²) in [6.45, 7) is 1.98.